The van der Waals surface area contributed by atoms with Crippen molar-refractivity contribution in [3.05, 3.63) is 41.5 Å². The monoisotopic (exact) mass is 228 g/mol. The lowest BCUT2D eigenvalue weighted by atomic mass is 10.1. The summed E-state index contributed by atoms with van der Waals surface area (Å²) in [5, 5.41) is 12.2. The van der Waals surface area contributed by atoms with Gasteiger partial charge < -0.3 is 10.1 Å². The summed E-state index contributed by atoms with van der Waals surface area (Å²) >= 11 is 0. The van der Waals surface area contributed by atoms with E-state index < -0.39 is 0 Å². The molecule has 1 heterocycles. The summed E-state index contributed by atoms with van der Waals surface area (Å²) in [6.45, 7) is 3.59. The minimum Gasteiger partial charge on any atom is -0.378 e. The van der Waals surface area contributed by atoms with Gasteiger partial charge in [0, 0.05) is 12.1 Å². The highest BCUT2D eigenvalue weighted by Gasteiger charge is 2.15. The van der Waals surface area contributed by atoms with E-state index in [0.29, 0.717) is 18.2 Å². The van der Waals surface area contributed by atoms with Crippen molar-refractivity contribution in [2.45, 2.75) is 19.0 Å². The van der Waals surface area contributed by atoms with Crippen LogP contribution in [-0.4, -0.2) is 25.3 Å². The van der Waals surface area contributed by atoms with Gasteiger partial charge in [-0.25, -0.2) is 0 Å². The van der Waals surface area contributed by atoms with E-state index in [9.17, 15) is 0 Å². The topological polar surface area (TPSA) is 45.0 Å². The maximum atomic E-state index is 8.81. The van der Waals surface area contributed by atoms with E-state index in [4.69, 9.17) is 10.00 Å². The Bertz CT molecular complexity index is 448. The van der Waals surface area contributed by atoms with E-state index in [1.54, 1.807) is 6.07 Å². The fourth-order valence-corrected chi connectivity index (χ4v) is 1.88. The fourth-order valence-electron chi connectivity index (χ4n) is 1.88. The van der Waals surface area contributed by atoms with Crippen LogP contribution in [0.4, 0.5) is 0 Å². The van der Waals surface area contributed by atoms with Gasteiger partial charge in [0.05, 0.1) is 24.8 Å². The van der Waals surface area contributed by atoms with E-state index in [-0.39, 0.29) is 6.04 Å². The van der Waals surface area contributed by atoms with Gasteiger partial charge >= 0.3 is 0 Å². The van der Waals surface area contributed by atoms with Crippen molar-refractivity contribution in [2.75, 3.05) is 13.2 Å². The molecule has 2 rings (SSSR count). The van der Waals surface area contributed by atoms with E-state index in [0.717, 1.165) is 12.2 Å². The molecule has 2 unspecified atom stereocenters. The lowest BCUT2D eigenvalue weighted by Gasteiger charge is -2.26. The molecule has 0 spiro atoms. The molecule has 1 saturated heterocycles. The first-order valence-electron chi connectivity index (χ1n) is 5.80. The van der Waals surface area contributed by atoms with Crippen LogP contribution in [0.5, 0.6) is 0 Å². The van der Waals surface area contributed by atoms with Crippen LogP contribution in [0, 0.1) is 11.3 Å². The van der Waals surface area contributed by atoms with Crippen molar-refractivity contribution in [1.82, 2.24) is 5.32 Å². The summed E-state index contributed by atoms with van der Waals surface area (Å²) in [6.07, 6.45) is 4.12. The van der Waals surface area contributed by atoms with Gasteiger partial charge in [-0.1, -0.05) is 24.3 Å². The predicted octanol–water partition coefficient (Wildman–Crippen LogP) is 1.95. The van der Waals surface area contributed by atoms with Crippen LogP contribution in [0.2, 0.25) is 0 Å². The SMILES string of the molecule is CC1COCC(/C=C/c2cccc(C#N)c2)N1. The second kappa shape index (κ2) is 5.62. The number of benzene rings is 1. The highest BCUT2D eigenvalue weighted by molar-refractivity contribution is 5.52. The molecule has 0 bridgehead atoms. The molecule has 3 heteroatoms. The molecule has 0 radical (unpaired) electrons. The van der Waals surface area contributed by atoms with Crippen LogP contribution in [0.3, 0.4) is 0 Å². The summed E-state index contributed by atoms with van der Waals surface area (Å²) in [4.78, 5) is 0. The second-order valence-corrected chi connectivity index (χ2v) is 4.31. The number of hydrogen-bond acceptors (Lipinski definition) is 3. The molecule has 1 N–H and O–H groups in total. The lowest BCUT2D eigenvalue weighted by Crippen LogP contribution is -2.46. The average Bonchev–Trinajstić information content (AvgIpc) is 2.37. The van der Waals surface area contributed by atoms with Crippen molar-refractivity contribution in [3.63, 3.8) is 0 Å². The van der Waals surface area contributed by atoms with Gasteiger partial charge in [0.2, 0.25) is 0 Å². The van der Waals surface area contributed by atoms with Gasteiger partial charge in [-0.05, 0) is 24.6 Å². The van der Waals surface area contributed by atoms with E-state index in [1.807, 2.05) is 24.3 Å². The molecule has 0 saturated carbocycles. The molecule has 1 fully saturated rings. The number of morpholine rings is 1. The van der Waals surface area contributed by atoms with Crippen molar-refractivity contribution >= 4 is 6.08 Å². The first-order chi connectivity index (χ1) is 8.28. The fraction of sp³-hybridized carbons (Fsp3) is 0.357. The molecular formula is C14H16N2O. The van der Waals surface area contributed by atoms with Gasteiger partial charge in [0.15, 0.2) is 0 Å². The summed E-state index contributed by atoms with van der Waals surface area (Å²) in [7, 11) is 0. The number of hydrogen-bond donors (Lipinski definition) is 1. The number of nitrogens with zero attached hydrogens (tertiary/aromatic N) is 1. The number of ether oxygens (including phenoxy) is 1. The van der Waals surface area contributed by atoms with E-state index >= 15 is 0 Å². The quantitative estimate of drug-likeness (QED) is 0.841. The maximum absolute atomic E-state index is 8.81. The number of nitriles is 1. The van der Waals surface area contributed by atoms with Crippen LogP contribution in [0.15, 0.2) is 30.3 Å². The smallest absolute Gasteiger partial charge is 0.0991 e. The Morgan fingerprint density at radius 3 is 3.12 bits per heavy atom. The highest BCUT2D eigenvalue weighted by atomic mass is 16.5. The van der Waals surface area contributed by atoms with Crippen LogP contribution in [0.25, 0.3) is 6.08 Å². The summed E-state index contributed by atoms with van der Waals surface area (Å²) in [5.41, 5.74) is 1.73. The number of rotatable bonds is 2. The molecular weight excluding hydrogens is 212 g/mol. The predicted molar refractivity (Wildman–Crippen MR) is 67.4 cm³/mol. The Balaban J connectivity index is 2.02. The van der Waals surface area contributed by atoms with Gasteiger partial charge in [-0.2, -0.15) is 5.26 Å². The normalized spacial score (nSPS) is 24.7. The molecule has 1 aromatic rings. The van der Waals surface area contributed by atoms with Crippen molar-refractivity contribution in [2.24, 2.45) is 0 Å². The highest BCUT2D eigenvalue weighted by Crippen LogP contribution is 2.08. The Morgan fingerprint density at radius 2 is 2.35 bits per heavy atom. The zero-order valence-electron chi connectivity index (χ0n) is 9.89. The zero-order valence-corrected chi connectivity index (χ0v) is 9.89. The molecule has 1 aliphatic heterocycles. The molecule has 0 amide bonds. The van der Waals surface area contributed by atoms with Crippen molar-refractivity contribution < 1.29 is 4.74 Å². The standard InChI is InChI=1S/C14H16N2O/c1-11-9-17-10-14(16-11)6-5-12-3-2-4-13(7-12)8-15/h2-7,11,14,16H,9-10H2,1H3/b6-5+. The molecule has 1 aromatic carbocycles. The third-order valence-corrected chi connectivity index (χ3v) is 2.70. The zero-order chi connectivity index (χ0) is 12.1. The lowest BCUT2D eigenvalue weighted by molar-refractivity contribution is 0.0637. The third-order valence-electron chi connectivity index (χ3n) is 2.70. The van der Waals surface area contributed by atoms with Crippen LogP contribution < -0.4 is 5.32 Å². The van der Waals surface area contributed by atoms with Gasteiger partial charge in [0.25, 0.3) is 0 Å². The van der Waals surface area contributed by atoms with Gasteiger partial charge in [-0.3, -0.25) is 0 Å². The van der Waals surface area contributed by atoms with Gasteiger partial charge in [-0.15, -0.1) is 0 Å². The van der Waals surface area contributed by atoms with E-state index in [2.05, 4.69) is 24.4 Å². The van der Waals surface area contributed by atoms with Gasteiger partial charge in [0.1, 0.15) is 0 Å². The van der Waals surface area contributed by atoms with Crippen LogP contribution in [0.1, 0.15) is 18.1 Å². The summed E-state index contributed by atoms with van der Waals surface area (Å²) in [6, 6.07) is 10.4. The Labute approximate surface area is 102 Å². The average molecular weight is 228 g/mol. The Kier molecular flexibility index (Phi) is 3.92. The summed E-state index contributed by atoms with van der Waals surface area (Å²) in [5.74, 6) is 0. The summed E-state index contributed by atoms with van der Waals surface area (Å²) < 4.78 is 5.46. The Hall–Kier alpha value is -1.63. The Morgan fingerprint density at radius 1 is 1.47 bits per heavy atom. The minimum absolute atomic E-state index is 0.254. The van der Waals surface area contributed by atoms with Crippen LogP contribution >= 0.6 is 0 Å². The third kappa shape index (κ3) is 3.42. The molecule has 88 valence electrons. The molecule has 2 atom stereocenters. The first kappa shape index (κ1) is 11.8. The largest absolute Gasteiger partial charge is 0.378 e. The van der Waals surface area contributed by atoms with E-state index in [1.165, 1.54) is 0 Å². The molecule has 0 aromatic heterocycles. The van der Waals surface area contributed by atoms with Crippen molar-refractivity contribution in [1.29, 1.82) is 5.26 Å². The molecule has 1 aliphatic rings. The molecule has 3 nitrogen and oxygen atoms in total. The maximum Gasteiger partial charge on any atom is 0.0991 e. The number of nitrogens with one attached hydrogen (secondary N) is 1. The molecule has 0 aliphatic carbocycles. The first-order valence-corrected chi connectivity index (χ1v) is 5.80. The van der Waals surface area contributed by atoms with Crippen LogP contribution in [-0.2, 0) is 4.74 Å². The van der Waals surface area contributed by atoms with Crippen molar-refractivity contribution in [3.8, 4) is 6.07 Å². The molecule has 17 heavy (non-hydrogen) atoms. The minimum atomic E-state index is 0.254. The second-order valence-electron chi connectivity index (χ2n) is 4.31.